The number of allylic oxidation sites excluding steroid dienone is 6. The van der Waals surface area contributed by atoms with E-state index in [1.165, 1.54) is 238 Å². The van der Waals surface area contributed by atoms with Crippen LogP contribution in [0.15, 0.2) is 36.5 Å². The molecule has 2 atom stereocenters. The SMILES string of the molecule is CC/C=C\C/C=C\C/C=C\CCCCCC(=O)OC(COC(=O)CCCCCCCCCCCCCCCCCCCCCCCCCCCCCCCCCCCCCCCCCC)COP(=O)(O)OCC[N+](C)(C)C. The third kappa shape index (κ3) is 63.3. The molecule has 9 nitrogen and oxygen atoms in total. The molecule has 0 rings (SSSR count). The van der Waals surface area contributed by atoms with Gasteiger partial charge in [-0.1, -0.05) is 307 Å². The molecule has 0 fully saturated rings. The van der Waals surface area contributed by atoms with E-state index in [-0.39, 0.29) is 32.0 Å². The van der Waals surface area contributed by atoms with Crippen LogP contribution in [-0.4, -0.2) is 74.9 Å². The molecule has 2 unspecified atom stereocenters. The summed E-state index contributed by atoms with van der Waals surface area (Å²) in [6.07, 6.45) is 74.4. The number of esters is 2. The number of likely N-dealkylation sites (N-methyl/N-ethyl adjacent to an activating group) is 1. The molecule has 1 N–H and O–H groups in total. The van der Waals surface area contributed by atoms with Crippen molar-refractivity contribution in [2.75, 3.05) is 47.5 Å². The zero-order valence-corrected chi connectivity index (χ0v) is 52.6. The first-order valence-electron chi connectivity index (χ1n) is 33.2. The molecule has 0 spiro atoms. The van der Waals surface area contributed by atoms with Crippen molar-refractivity contribution >= 4 is 19.8 Å². The summed E-state index contributed by atoms with van der Waals surface area (Å²) in [5.41, 5.74) is 0. The molecule has 10 heteroatoms. The molecule has 0 aromatic carbocycles. The van der Waals surface area contributed by atoms with E-state index in [4.69, 9.17) is 18.5 Å². The first kappa shape index (κ1) is 75.2. The number of nitrogens with zero attached hydrogens (tertiary/aromatic N) is 1. The van der Waals surface area contributed by atoms with Gasteiger partial charge in [-0.25, -0.2) is 4.57 Å². The van der Waals surface area contributed by atoms with Gasteiger partial charge in [0.2, 0.25) is 0 Å². The van der Waals surface area contributed by atoms with Gasteiger partial charge in [-0.05, 0) is 44.9 Å². The van der Waals surface area contributed by atoms with Crippen LogP contribution in [0.2, 0.25) is 0 Å². The van der Waals surface area contributed by atoms with Gasteiger partial charge < -0.3 is 18.9 Å². The van der Waals surface area contributed by atoms with Gasteiger partial charge in [0.25, 0.3) is 0 Å². The first-order valence-corrected chi connectivity index (χ1v) is 34.7. The molecule has 0 radical (unpaired) electrons. The number of rotatable bonds is 62. The number of carbonyl (C=O) groups is 2. The van der Waals surface area contributed by atoms with E-state index in [1.54, 1.807) is 0 Å². The van der Waals surface area contributed by atoms with Crippen LogP contribution in [0.4, 0.5) is 0 Å². The summed E-state index contributed by atoms with van der Waals surface area (Å²) in [7, 11) is 1.47. The Hall–Kier alpha value is -1.77. The summed E-state index contributed by atoms with van der Waals surface area (Å²) < 4.78 is 34.5. The molecular formula is C67H129NO8P+. The molecule has 0 saturated carbocycles. The normalized spacial score (nSPS) is 13.4. The highest BCUT2D eigenvalue weighted by atomic mass is 31.2. The van der Waals surface area contributed by atoms with Crippen molar-refractivity contribution < 1.29 is 42.1 Å². The zero-order valence-electron chi connectivity index (χ0n) is 51.7. The fourth-order valence-electron chi connectivity index (χ4n) is 9.86. The molecule has 0 bridgehead atoms. The Bertz CT molecular complexity index is 1390. The summed E-state index contributed by atoms with van der Waals surface area (Å²) in [5, 5.41) is 0. The monoisotopic (exact) mass is 1110 g/mol. The maximum absolute atomic E-state index is 12.7. The average Bonchev–Trinajstić information content (AvgIpc) is 3.39. The van der Waals surface area contributed by atoms with Crippen molar-refractivity contribution in [2.24, 2.45) is 0 Å². The van der Waals surface area contributed by atoms with E-state index >= 15 is 0 Å². The maximum atomic E-state index is 12.7. The fourth-order valence-corrected chi connectivity index (χ4v) is 10.6. The van der Waals surface area contributed by atoms with Crippen LogP contribution in [-0.2, 0) is 32.7 Å². The lowest BCUT2D eigenvalue weighted by molar-refractivity contribution is -0.870. The molecule has 0 aliphatic carbocycles. The highest BCUT2D eigenvalue weighted by Gasteiger charge is 2.27. The number of phosphoric ester groups is 1. The third-order valence-corrected chi connectivity index (χ3v) is 15.9. The highest BCUT2D eigenvalue weighted by molar-refractivity contribution is 7.47. The number of ether oxygens (including phenoxy) is 2. The minimum atomic E-state index is -4.39. The number of unbranched alkanes of at least 4 members (excludes halogenated alkanes) is 42. The lowest BCUT2D eigenvalue weighted by Crippen LogP contribution is -2.37. The number of carbonyl (C=O) groups excluding carboxylic acids is 2. The van der Waals surface area contributed by atoms with Crippen LogP contribution in [0.3, 0.4) is 0 Å². The second kappa shape index (κ2) is 58.9. The van der Waals surface area contributed by atoms with Crippen molar-refractivity contribution in [3.8, 4) is 0 Å². The summed E-state index contributed by atoms with van der Waals surface area (Å²) in [5.74, 6) is -0.820. The van der Waals surface area contributed by atoms with E-state index in [0.29, 0.717) is 17.4 Å². The van der Waals surface area contributed by atoms with Gasteiger partial charge in [-0.15, -0.1) is 0 Å². The lowest BCUT2D eigenvalue weighted by Gasteiger charge is -2.24. The molecule has 0 saturated heterocycles. The number of phosphoric acid groups is 1. The molecule has 0 aliphatic heterocycles. The van der Waals surface area contributed by atoms with Crippen molar-refractivity contribution in [1.82, 2.24) is 0 Å². The number of quaternary nitrogens is 1. The number of hydrogen-bond donors (Lipinski definition) is 1. The van der Waals surface area contributed by atoms with Crippen LogP contribution >= 0.6 is 7.82 Å². The zero-order chi connectivity index (χ0) is 56.3. The van der Waals surface area contributed by atoms with Gasteiger partial charge in [0.15, 0.2) is 6.10 Å². The first-order chi connectivity index (χ1) is 37.5. The van der Waals surface area contributed by atoms with Gasteiger partial charge in [0, 0.05) is 12.8 Å². The van der Waals surface area contributed by atoms with Crippen LogP contribution in [0.1, 0.15) is 328 Å². The molecule has 0 aromatic rings. The topological polar surface area (TPSA) is 108 Å². The van der Waals surface area contributed by atoms with Crippen LogP contribution in [0.5, 0.6) is 0 Å². The van der Waals surface area contributed by atoms with Crippen LogP contribution in [0.25, 0.3) is 0 Å². The van der Waals surface area contributed by atoms with Crippen LogP contribution in [0, 0.1) is 0 Å². The second-order valence-electron chi connectivity index (χ2n) is 23.8. The molecule has 0 amide bonds. The maximum Gasteiger partial charge on any atom is 0.472 e. The Labute approximate surface area is 478 Å². The fraction of sp³-hybridized carbons (Fsp3) is 0.881. The number of hydrogen-bond acceptors (Lipinski definition) is 7. The van der Waals surface area contributed by atoms with E-state index in [9.17, 15) is 19.0 Å². The molecule has 0 aromatic heterocycles. The minimum absolute atomic E-state index is 0.0268. The molecule has 0 heterocycles. The highest BCUT2D eigenvalue weighted by Crippen LogP contribution is 2.43. The lowest BCUT2D eigenvalue weighted by atomic mass is 10.0. The third-order valence-electron chi connectivity index (χ3n) is 14.9. The second-order valence-corrected chi connectivity index (χ2v) is 25.3. The Kier molecular flexibility index (Phi) is 57.5. The Morgan fingerprint density at radius 3 is 1.10 bits per heavy atom. The van der Waals surface area contributed by atoms with E-state index in [2.05, 4.69) is 50.3 Å². The molecule has 77 heavy (non-hydrogen) atoms. The minimum Gasteiger partial charge on any atom is -0.462 e. The quantitative estimate of drug-likeness (QED) is 0.0211. The van der Waals surface area contributed by atoms with Crippen LogP contribution < -0.4 is 0 Å². The summed E-state index contributed by atoms with van der Waals surface area (Å²) in [6, 6.07) is 0. The largest absolute Gasteiger partial charge is 0.472 e. The Morgan fingerprint density at radius 2 is 0.740 bits per heavy atom. The summed E-state index contributed by atoms with van der Waals surface area (Å²) >= 11 is 0. The standard InChI is InChI=1S/C67H128NO8P/c1-6-8-10-12-14-16-18-20-21-22-23-24-25-26-27-28-29-30-31-32-33-34-35-36-37-38-39-40-41-42-43-44-45-46-48-49-51-53-55-57-59-66(69)73-63-65(64-75-77(71,72)74-62-61-68(3,4)5)76-67(70)60-58-56-54-52-50-47-19-17-15-13-11-9-7-2/h9,11,15,17,47,50,65H,6-8,10,12-14,16,18-46,48-49,51-64H2,1-5H3/p+1/b11-9-,17-15-,50-47-. The molecule has 454 valence electrons. The van der Waals surface area contributed by atoms with Gasteiger partial charge >= 0.3 is 19.8 Å². The summed E-state index contributed by atoms with van der Waals surface area (Å²) in [4.78, 5) is 35.6. The van der Waals surface area contributed by atoms with Crippen molar-refractivity contribution in [3.63, 3.8) is 0 Å². The predicted molar refractivity (Wildman–Crippen MR) is 330 cm³/mol. The van der Waals surface area contributed by atoms with Gasteiger partial charge in [0.05, 0.1) is 27.7 Å². The Balaban J connectivity index is 3.80. The average molecular weight is 1110 g/mol. The van der Waals surface area contributed by atoms with E-state index in [0.717, 1.165) is 57.8 Å². The molecular weight excluding hydrogens is 978 g/mol. The smallest absolute Gasteiger partial charge is 0.462 e. The predicted octanol–water partition coefficient (Wildman–Crippen LogP) is 21.1. The van der Waals surface area contributed by atoms with E-state index < -0.39 is 26.5 Å². The van der Waals surface area contributed by atoms with Gasteiger partial charge in [-0.2, -0.15) is 0 Å². The summed E-state index contributed by atoms with van der Waals surface area (Å²) in [6.45, 7) is 4.32. The molecule has 0 aliphatic rings. The van der Waals surface area contributed by atoms with Crippen molar-refractivity contribution in [3.05, 3.63) is 36.5 Å². The van der Waals surface area contributed by atoms with E-state index in [1.807, 2.05) is 21.1 Å². The van der Waals surface area contributed by atoms with Crippen molar-refractivity contribution in [1.29, 1.82) is 0 Å². The Morgan fingerprint density at radius 1 is 0.416 bits per heavy atom. The van der Waals surface area contributed by atoms with Crippen molar-refractivity contribution in [2.45, 2.75) is 335 Å². The van der Waals surface area contributed by atoms with Gasteiger partial charge in [-0.3, -0.25) is 18.6 Å². The van der Waals surface area contributed by atoms with Gasteiger partial charge in [0.1, 0.15) is 19.8 Å².